The summed E-state index contributed by atoms with van der Waals surface area (Å²) in [5.74, 6) is 0.328. The van der Waals surface area contributed by atoms with E-state index in [2.05, 4.69) is 42.1 Å². The Morgan fingerprint density at radius 3 is 2.26 bits per heavy atom. The number of nitrogens with zero attached hydrogens (tertiary/aromatic N) is 1. The highest BCUT2D eigenvalue weighted by molar-refractivity contribution is 5.89. The molecule has 2 saturated heterocycles. The van der Waals surface area contributed by atoms with E-state index in [0.717, 1.165) is 30.6 Å². The first-order valence-electron chi connectivity index (χ1n) is 12.3. The smallest absolute Gasteiger partial charge is 0.243 e. The van der Waals surface area contributed by atoms with Crippen LogP contribution in [-0.4, -0.2) is 48.6 Å². The van der Waals surface area contributed by atoms with E-state index in [0.29, 0.717) is 18.3 Å². The largest absolute Gasteiger partial charge is 0.343 e. The van der Waals surface area contributed by atoms with Gasteiger partial charge in [0.15, 0.2) is 0 Å². The quantitative estimate of drug-likeness (QED) is 0.557. The molecule has 2 aromatic carbocycles. The van der Waals surface area contributed by atoms with E-state index in [1.165, 1.54) is 10.5 Å². The number of hydrazine groups is 1. The molecule has 0 aromatic heterocycles. The molecule has 4 rings (SSSR count). The van der Waals surface area contributed by atoms with Crippen molar-refractivity contribution >= 4 is 11.8 Å². The molecule has 3 atom stereocenters. The van der Waals surface area contributed by atoms with Crippen LogP contribution >= 0.6 is 0 Å². The van der Waals surface area contributed by atoms with E-state index in [1.807, 2.05) is 42.5 Å². The zero-order chi connectivity index (χ0) is 24.1. The lowest BCUT2D eigenvalue weighted by Gasteiger charge is -2.27. The van der Waals surface area contributed by atoms with Crippen molar-refractivity contribution in [2.24, 2.45) is 5.92 Å². The average Bonchev–Trinajstić information content (AvgIpc) is 3.51. The van der Waals surface area contributed by atoms with Gasteiger partial charge in [0, 0.05) is 25.9 Å². The molecule has 2 aromatic rings. The first-order chi connectivity index (χ1) is 16.4. The topological polar surface area (TPSA) is 73.5 Å². The van der Waals surface area contributed by atoms with Gasteiger partial charge in [-0.05, 0) is 34.9 Å². The highest BCUT2D eigenvalue weighted by atomic mass is 19.1. The molecule has 2 amide bonds. The second kappa shape index (κ2) is 11.1. The first kappa shape index (κ1) is 24.4. The van der Waals surface area contributed by atoms with Gasteiger partial charge in [0.1, 0.15) is 12.2 Å². The number of amides is 2. The fourth-order valence-electron chi connectivity index (χ4n) is 4.81. The molecule has 0 saturated carbocycles. The van der Waals surface area contributed by atoms with Crippen LogP contribution in [0.1, 0.15) is 61.8 Å². The molecule has 2 heterocycles. The highest BCUT2D eigenvalue weighted by Crippen LogP contribution is 2.27. The van der Waals surface area contributed by atoms with Crippen molar-refractivity contribution in [1.82, 2.24) is 21.1 Å². The van der Waals surface area contributed by atoms with Crippen molar-refractivity contribution in [3.8, 4) is 0 Å². The Morgan fingerprint density at radius 2 is 1.62 bits per heavy atom. The van der Waals surface area contributed by atoms with Gasteiger partial charge in [-0.3, -0.25) is 20.4 Å². The van der Waals surface area contributed by atoms with Crippen LogP contribution in [0, 0.1) is 5.92 Å². The van der Waals surface area contributed by atoms with Crippen LogP contribution in [0.15, 0.2) is 54.6 Å². The Hall–Kier alpha value is -2.77. The highest BCUT2D eigenvalue weighted by Gasteiger charge is 2.40. The van der Waals surface area contributed by atoms with E-state index in [1.54, 1.807) is 0 Å². The maximum atomic E-state index is 14.4. The van der Waals surface area contributed by atoms with Crippen LogP contribution < -0.4 is 16.2 Å². The van der Waals surface area contributed by atoms with E-state index in [4.69, 9.17) is 0 Å². The minimum absolute atomic E-state index is 0.0167. The van der Waals surface area contributed by atoms with Crippen LogP contribution in [0.4, 0.5) is 4.39 Å². The number of alkyl halides is 1. The Kier molecular flexibility index (Phi) is 7.95. The van der Waals surface area contributed by atoms with Crippen molar-refractivity contribution in [1.29, 1.82) is 0 Å². The lowest BCUT2D eigenvalue weighted by atomic mass is 9.95. The fourth-order valence-corrected chi connectivity index (χ4v) is 4.81. The van der Waals surface area contributed by atoms with E-state index in [-0.39, 0.29) is 30.8 Å². The van der Waals surface area contributed by atoms with Crippen molar-refractivity contribution < 1.29 is 14.0 Å². The first-order valence-corrected chi connectivity index (χ1v) is 12.3. The number of benzene rings is 2. The summed E-state index contributed by atoms with van der Waals surface area (Å²) in [4.78, 5) is 27.8. The summed E-state index contributed by atoms with van der Waals surface area (Å²) >= 11 is 0. The monoisotopic (exact) mass is 466 g/mol. The number of likely N-dealkylation sites (tertiary alicyclic amines) is 1. The summed E-state index contributed by atoms with van der Waals surface area (Å²) in [6.07, 6.45) is -0.105. The molecule has 2 aliphatic rings. The molecule has 0 bridgehead atoms. The number of hydrogen-bond acceptors (Lipinski definition) is 4. The summed E-state index contributed by atoms with van der Waals surface area (Å²) < 4.78 is 14.4. The molecule has 0 radical (unpaired) electrons. The van der Waals surface area contributed by atoms with Crippen molar-refractivity contribution in [2.75, 3.05) is 19.6 Å². The number of carbonyl (C=O) groups excluding carboxylic acids is 2. The van der Waals surface area contributed by atoms with Gasteiger partial charge in [-0.25, -0.2) is 4.39 Å². The third-order valence-electron chi connectivity index (χ3n) is 6.90. The SMILES string of the molecule is CC(C)c1ccc([C@@H](NC(=O)[C@@H]2C[C@@H](F)CN2C(=O)CCC2CNNC2)c2ccccc2)cc1. The number of halogens is 1. The van der Waals surface area contributed by atoms with Crippen LogP contribution in [0.25, 0.3) is 0 Å². The second-order valence-electron chi connectivity index (χ2n) is 9.74. The van der Waals surface area contributed by atoms with Crippen LogP contribution in [0.2, 0.25) is 0 Å². The molecular formula is C27H35FN4O2. The molecule has 6 nitrogen and oxygen atoms in total. The van der Waals surface area contributed by atoms with Gasteiger partial charge in [0.25, 0.3) is 0 Å². The van der Waals surface area contributed by atoms with E-state index >= 15 is 0 Å². The lowest BCUT2D eigenvalue weighted by molar-refractivity contribution is -0.138. The summed E-state index contributed by atoms with van der Waals surface area (Å²) in [7, 11) is 0. The summed E-state index contributed by atoms with van der Waals surface area (Å²) in [6, 6.07) is 16.8. The number of rotatable bonds is 8. The molecule has 2 aliphatic heterocycles. The minimum Gasteiger partial charge on any atom is -0.343 e. The zero-order valence-electron chi connectivity index (χ0n) is 20.0. The van der Waals surface area contributed by atoms with Crippen LogP contribution in [0.3, 0.4) is 0 Å². The Balaban J connectivity index is 1.49. The van der Waals surface area contributed by atoms with Gasteiger partial charge in [-0.15, -0.1) is 0 Å². The molecule has 3 N–H and O–H groups in total. The molecule has 0 spiro atoms. The van der Waals surface area contributed by atoms with Gasteiger partial charge < -0.3 is 10.2 Å². The van der Waals surface area contributed by atoms with Gasteiger partial charge >= 0.3 is 0 Å². The van der Waals surface area contributed by atoms with Crippen molar-refractivity contribution in [2.45, 2.75) is 57.3 Å². The van der Waals surface area contributed by atoms with E-state index < -0.39 is 12.2 Å². The number of nitrogens with one attached hydrogen (secondary N) is 3. The Bertz CT molecular complexity index is 960. The lowest BCUT2D eigenvalue weighted by Crippen LogP contribution is -2.47. The van der Waals surface area contributed by atoms with Gasteiger partial charge in [-0.2, -0.15) is 0 Å². The summed E-state index contributed by atoms with van der Waals surface area (Å²) in [5, 5.41) is 3.12. The summed E-state index contributed by atoms with van der Waals surface area (Å²) in [5.41, 5.74) is 9.25. The predicted octanol–water partition coefficient (Wildman–Crippen LogP) is 3.46. The van der Waals surface area contributed by atoms with Crippen molar-refractivity contribution in [3.05, 3.63) is 71.3 Å². The zero-order valence-corrected chi connectivity index (χ0v) is 20.0. The summed E-state index contributed by atoms with van der Waals surface area (Å²) in [6.45, 7) is 5.90. The fraction of sp³-hybridized carbons (Fsp3) is 0.481. The van der Waals surface area contributed by atoms with Gasteiger partial charge in [-0.1, -0.05) is 68.4 Å². The molecule has 182 valence electrons. The standard InChI is InChI=1S/C27H35FN4O2/c1-18(2)20-9-11-22(12-10-20)26(21-6-4-3-5-7-21)31-27(34)24-14-23(28)17-32(24)25(33)13-8-19-15-29-30-16-19/h3-7,9-12,18-19,23-24,26,29-30H,8,13-17H2,1-2H3,(H,31,34)/t23-,24+,26+/m1/s1. The molecule has 34 heavy (non-hydrogen) atoms. The average molecular weight is 467 g/mol. The Morgan fingerprint density at radius 1 is 1.00 bits per heavy atom. The van der Waals surface area contributed by atoms with Gasteiger partial charge in [0.05, 0.1) is 12.6 Å². The normalized spacial score (nSPS) is 21.7. The third-order valence-corrected chi connectivity index (χ3v) is 6.90. The maximum Gasteiger partial charge on any atom is 0.243 e. The molecule has 7 heteroatoms. The number of hydrogen-bond donors (Lipinski definition) is 3. The van der Waals surface area contributed by atoms with E-state index in [9.17, 15) is 14.0 Å². The molecular weight excluding hydrogens is 431 g/mol. The molecule has 2 fully saturated rings. The minimum atomic E-state index is -1.19. The predicted molar refractivity (Wildman–Crippen MR) is 131 cm³/mol. The van der Waals surface area contributed by atoms with Crippen LogP contribution in [0.5, 0.6) is 0 Å². The molecule has 0 aliphatic carbocycles. The van der Waals surface area contributed by atoms with Crippen molar-refractivity contribution in [3.63, 3.8) is 0 Å². The molecule has 0 unspecified atom stereocenters. The second-order valence-corrected chi connectivity index (χ2v) is 9.74. The van der Waals surface area contributed by atoms with Gasteiger partial charge in [0.2, 0.25) is 11.8 Å². The third kappa shape index (κ3) is 5.83. The van der Waals surface area contributed by atoms with Crippen LogP contribution in [-0.2, 0) is 9.59 Å². The Labute approximate surface area is 201 Å². The maximum absolute atomic E-state index is 14.4. The number of carbonyl (C=O) groups is 2.